The molecule has 0 heterocycles. The lowest BCUT2D eigenvalue weighted by atomic mass is 10.2. The number of nitrogens with zero attached hydrogens (tertiary/aromatic N) is 1. The Morgan fingerprint density at radius 2 is 2.11 bits per heavy atom. The molecule has 1 saturated carbocycles. The number of ether oxygens (including phenoxy) is 1. The van der Waals surface area contributed by atoms with E-state index in [1.807, 2.05) is 38.2 Å². The van der Waals surface area contributed by atoms with Gasteiger partial charge in [-0.2, -0.15) is 0 Å². The third-order valence-electron chi connectivity index (χ3n) is 3.34. The third-order valence-corrected chi connectivity index (χ3v) is 3.34. The number of carboxylic acid groups (broad SMARTS) is 1. The van der Waals surface area contributed by atoms with Gasteiger partial charge in [0, 0.05) is 19.3 Å². The average molecular weight is 249 g/mol. The first-order chi connectivity index (χ1) is 8.61. The fraction of sp³-hybridized carbons (Fsp3) is 0.500. The summed E-state index contributed by atoms with van der Waals surface area (Å²) in [6.07, 6.45) is 0.802. The van der Waals surface area contributed by atoms with Gasteiger partial charge in [-0.15, -0.1) is 0 Å². The molecule has 0 aliphatic heterocycles. The number of benzene rings is 1. The van der Waals surface area contributed by atoms with Gasteiger partial charge in [0.25, 0.3) is 0 Å². The van der Waals surface area contributed by atoms with Gasteiger partial charge < -0.3 is 14.7 Å². The van der Waals surface area contributed by atoms with Crippen LogP contribution in [0.5, 0.6) is 5.75 Å². The molecule has 1 aromatic carbocycles. The van der Waals surface area contributed by atoms with Crippen molar-refractivity contribution >= 4 is 11.7 Å². The molecule has 1 N–H and O–H groups in total. The Labute approximate surface area is 107 Å². The van der Waals surface area contributed by atoms with Crippen LogP contribution in [0.3, 0.4) is 0 Å². The normalized spacial score (nSPS) is 21.4. The Kier molecular flexibility index (Phi) is 3.75. The zero-order valence-corrected chi connectivity index (χ0v) is 10.8. The molecular weight excluding hydrogens is 230 g/mol. The maximum absolute atomic E-state index is 10.8. The molecule has 0 saturated heterocycles. The van der Waals surface area contributed by atoms with E-state index in [1.165, 1.54) is 0 Å². The number of rotatable bonds is 6. The molecule has 0 radical (unpaired) electrons. The topological polar surface area (TPSA) is 49.8 Å². The molecule has 1 aliphatic rings. The summed E-state index contributed by atoms with van der Waals surface area (Å²) in [6.45, 7) is 3.42. The molecule has 18 heavy (non-hydrogen) atoms. The fourth-order valence-corrected chi connectivity index (χ4v) is 2.17. The standard InChI is InChI=1S/C14H19NO3/c1-3-18-12-6-4-11(5-7-12)15(2)9-10-8-13(10)14(16)17/h4-7,10,13H,3,8-9H2,1-2H3,(H,16,17). The maximum Gasteiger partial charge on any atom is 0.306 e. The lowest BCUT2D eigenvalue weighted by molar-refractivity contribution is -0.138. The van der Waals surface area contributed by atoms with E-state index >= 15 is 0 Å². The summed E-state index contributed by atoms with van der Waals surface area (Å²) in [4.78, 5) is 12.9. The van der Waals surface area contributed by atoms with Crippen molar-refractivity contribution in [2.45, 2.75) is 13.3 Å². The second-order valence-electron chi connectivity index (χ2n) is 4.75. The minimum absolute atomic E-state index is 0.143. The van der Waals surface area contributed by atoms with Crippen molar-refractivity contribution in [2.75, 3.05) is 25.1 Å². The van der Waals surface area contributed by atoms with Crippen LogP contribution in [0.2, 0.25) is 0 Å². The summed E-state index contributed by atoms with van der Waals surface area (Å²) in [5, 5.41) is 8.87. The number of hydrogen-bond acceptors (Lipinski definition) is 3. The highest BCUT2D eigenvalue weighted by atomic mass is 16.5. The number of carboxylic acids is 1. The lowest BCUT2D eigenvalue weighted by Gasteiger charge is -2.19. The number of hydrogen-bond donors (Lipinski definition) is 1. The summed E-state index contributed by atoms with van der Waals surface area (Å²) in [5.74, 6) is 0.346. The van der Waals surface area contributed by atoms with Crippen LogP contribution in [0.1, 0.15) is 13.3 Å². The second kappa shape index (κ2) is 5.29. The van der Waals surface area contributed by atoms with Crippen LogP contribution in [0.15, 0.2) is 24.3 Å². The minimum atomic E-state index is -0.667. The van der Waals surface area contributed by atoms with Crippen LogP contribution in [-0.4, -0.2) is 31.3 Å². The van der Waals surface area contributed by atoms with E-state index in [0.717, 1.165) is 24.4 Å². The first-order valence-corrected chi connectivity index (χ1v) is 6.28. The molecule has 2 atom stereocenters. The first-order valence-electron chi connectivity index (χ1n) is 6.28. The van der Waals surface area contributed by atoms with E-state index < -0.39 is 5.97 Å². The number of anilines is 1. The van der Waals surface area contributed by atoms with Crippen LogP contribution >= 0.6 is 0 Å². The molecule has 1 aliphatic carbocycles. The second-order valence-corrected chi connectivity index (χ2v) is 4.75. The van der Waals surface area contributed by atoms with Gasteiger partial charge in [0.15, 0.2) is 0 Å². The highest BCUT2D eigenvalue weighted by Crippen LogP contribution is 2.39. The molecule has 0 aromatic heterocycles. The number of aliphatic carboxylic acids is 1. The molecular formula is C14H19NO3. The van der Waals surface area contributed by atoms with Crippen molar-refractivity contribution in [2.24, 2.45) is 11.8 Å². The SMILES string of the molecule is CCOc1ccc(N(C)CC2CC2C(=O)O)cc1. The Morgan fingerprint density at radius 3 is 2.61 bits per heavy atom. The van der Waals surface area contributed by atoms with E-state index in [1.54, 1.807) is 0 Å². The van der Waals surface area contributed by atoms with Gasteiger partial charge in [0.2, 0.25) is 0 Å². The fourth-order valence-electron chi connectivity index (χ4n) is 2.17. The summed E-state index contributed by atoms with van der Waals surface area (Å²) < 4.78 is 5.39. The quantitative estimate of drug-likeness (QED) is 0.840. The van der Waals surface area contributed by atoms with Gasteiger partial charge in [-0.25, -0.2) is 0 Å². The van der Waals surface area contributed by atoms with Gasteiger partial charge in [0.1, 0.15) is 5.75 Å². The number of carbonyl (C=O) groups is 1. The molecule has 4 heteroatoms. The van der Waals surface area contributed by atoms with Gasteiger partial charge in [-0.05, 0) is 43.5 Å². The van der Waals surface area contributed by atoms with Gasteiger partial charge in [0.05, 0.1) is 12.5 Å². The van der Waals surface area contributed by atoms with Crippen molar-refractivity contribution in [3.8, 4) is 5.75 Å². The summed E-state index contributed by atoms with van der Waals surface area (Å²) >= 11 is 0. The van der Waals surface area contributed by atoms with Crippen molar-refractivity contribution in [1.29, 1.82) is 0 Å². The van der Waals surface area contributed by atoms with Crippen LogP contribution < -0.4 is 9.64 Å². The molecule has 1 aromatic rings. The first kappa shape index (κ1) is 12.7. The average Bonchev–Trinajstić information content (AvgIpc) is 3.10. The predicted octanol–water partition coefficient (Wildman–Crippen LogP) is 2.24. The summed E-state index contributed by atoms with van der Waals surface area (Å²) in [5.41, 5.74) is 1.09. The van der Waals surface area contributed by atoms with Crippen molar-refractivity contribution in [3.05, 3.63) is 24.3 Å². The molecule has 0 amide bonds. The molecule has 98 valence electrons. The van der Waals surface area contributed by atoms with Gasteiger partial charge in [-0.3, -0.25) is 4.79 Å². The Balaban J connectivity index is 1.89. The van der Waals surface area contributed by atoms with Crippen molar-refractivity contribution in [1.82, 2.24) is 0 Å². The lowest BCUT2D eigenvalue weighted by Crippen LogP contribution is -2.21. The van der Waals surface area contributed by atoms with Crippen LogP contribution in [0.25, 0.3) is 0 Å². The molecule has 4 nitrogen and oxygen atoms in total. The summed E-state index contributed by atoms with van der Waals surface area (Å²) in [6, 6.07) is 7.89. The Hall–Kier alpha value is -1.71. The van der Waals surface area contributed by atoms with Gasteiger partial charge >= 0.3 is 5.97 Å². The van der Waals surface area contributed by atoms with Crippen molar-refractivity contribution < 1.29 is 14.6 Å². The Bertz CT molecular complexity index is 416. The zero-order chi connectivity index (χ0) is 13.1. The van der Waals surface area contributed by atoms with Crippen molar-refractivity contribution in [3.63, 3.8) is 0 Å². The smallest absolute Gasteiger partial charge is 0.306 e. The molecule has 2 unspecified atom stereocenters. The van der Waals surface area contributed by atoms with Crippen LogP contribution in [-0.2, 0) is 4.79 Å². The van der Waals surface area contributed by atoms with E-state index in [9.17, 15) is 4.79 Å². The van der Waals surface area contributed by atoms with E-state index in [0.29, 0.717) is 12.5 Å². The highest BCUT2D eigenvalue weighted by Gasteiger charge is 2.43. The molecule has 2 rings (SSSR count). The third kappa shape index (κ3) is 2.94. The molecule has 0 bridgehead atoms. The van der Waals surface area contributed by atoms with Crippen LogP contribution in [0.4, 0.5) is 5.69 Å². The summed E-state index contributed by atoms with van der Waals surface area (Å²) in [7, 11) is 1.99. The monoisotopic (exact) mass is 249 g/mol. The Morgan fingerprint density at radius 1 is 1.44 bits per heavy atom. The minimum Gasteiger partial charge on any atom is -0.494 e. The molecule has 1 fully saturated rings. The van der Waals surface area contributed by atoms with E-state index in [4.69, 9.17) is 9.84 Å². The highest BCUT2D eigenvalue weighted by molar-refractivity contribution is 5.73. The predicted molar refractivity (Wildman–Crippen MR) is 70.1 cm³/mol. The maximum atomic E-state index is 10.8. The van der Waals surface area contributed by atoms with E-state index in [2.05, 4.69) is 4.90 Å². The molecule has 0 spiro atoms. The zero-order valence-electron chi connectivity index (χ0n) is 10.8. The largest absolute Gasteiger partial charge is 0.494 e. The van der Waals surface area contributed by atoms with Crippen LogP contribution in [0, 0.1) is 11.8 Å². The van der Waals surface area contributed by atoms with Gasteiger partial charge in [-0.1, -0.05) is 0 Å². The van der Waals surface area contributed by atoms with E-state index in [-0.39, 0.29) is 5.92 Å².